The van der Waals surface area contributed by atoms with E-state index in [0.29, 0.717) is 18.1 Å². The number of aryl methyl sites for hydroxylation is 1. The summed E-state index contributed by atoms with van der Waals surface area (Å²) in [6.07, 6.45) is 8.55. The summed E-state index contributed by atoms with van der Waals surface area (Å²) >= 11 is 0. The van der Waals surface area contributed by atoms with Crippen LogP contribution in [0.15, 0.2) is 24.3 Å². The van der Waals surface area contributed by atoms with Gasteiger partial charge in [-0.15, -0.1) is 0 Å². The van der Waals surface area contributed by atoms with Crippen LogP contribution in [0.25, 0.3) is 0 Å². The van der Waals surface area contributed by atoms with Gasteiger partial charge in [-0.3, -0.25) is 0 Å². The van der Waals surface area contributed by atoms with Crippen LogP contribution in [0.5, 0.6) is 0 Å². The molecular weight excluding hydrogens is 258 g/mol. The lowest BCUT2D eigenvalue weighted by Crippen LogP contribution is -2.29. The number of rotatable bonds is 7. The summed E-state index contributed by atoms with van der Waals surface area (Å²) in [5.74, 6) is 0.697. The summed E-state index contributed by atoms with van der Waals surface area (Å²) in [6, 6.07) is 9.78. The Bertz CT molecular complexity index is 455. The maximum Gasteiger partial charge on any atom is 0.0583 e. The van der Waals surface area contributed by atoms with E-state index in [1.807, 2.05) is 0 Å². The van der Waals surface area contributed by atoms with Crippen molar-refractivity contribution in [2.75, 3.05) is 6.54 Å². The molecule has 1 aromatic carbocycles. The molecule has 1 saturated heterocycles. The van der Waals surface area contributed by atoms with E-state index in [0.717, 1.165) is 12.6 Å². The summed E-state index contributed by atoms with van der Waals surface area (Å²) in [5.41, 5.74) is 2.84. The Morgan fingerprint density at radius 1 is 1.24 bits per heavy atom. The maximum atomic E-state index is 6.05. The molecule has 1 saturated carbocycles. The molecule has 1 N–H and O–H groups in total. The quantitative estimate of drug-likeness (QED) is 0.822. The van der Waals surface area contributed by atoms with Crippen LogP contribution < -0.4 is 5.32 Å². The molecule has 3 unspecified atom stereocenters. The van der Waals surface area contributed by atoms with E-state index in [9.17, 15) is 0 Å². The number of nitrogens with one attached hydrogen (secondary N) is 1. The van der Waals surface area contributed by atoms with E-state index in [1.54, 1.807) is 0 Å². The van der Waals surface area contributed by atoms with E-state index in [2.05, 4.69) is 43.4 Å². The summed E-state index contributed by atoms with van der Waals surface area (Å²) in [7, 11) is 0. The first-order valence-electron chi connectivity index (χ1n) is 8.63. The second kappa shape index (κ2) is 6.93. The van der Waals surface area contributed by atoms with Gasteiger partial charge >= 0.3 is 0 Å². The molecule has 1 aliphatic heterocycles. The Morgan fingerprint density at radius 3 is 2.76 bits per heavy atom. The minimum Gasteiger partial charge on any atom is -0.375 e. The largest absolute Gasteiger partial charge is 0.375 e. The molecule has 0 spiro atoms. The number of benzene rings is 1. The lowest BCUT2D eigenvalue weighted by molar-refractivity contribution is 0.0407. The fraction of sp³-hybridized carbons (Fsp3) is 0.684. The highest BCUT2D eigenvalue weighted by Gasteiger charge is 2.27. The van der Waals surface area contributed by atoms with Gasteiger partial charge in [-0.05, 0) is 70.4 Å². The van der Waals surface area contributed by atoms with Crippen molar-refractivity contribution in [2.45, 2.75) is 70.6 Å². The molecule has 1 aromatic rings. The molecule has 2 heteroatoms. The first kappa shape index (κ1) is 15.1. The van der Waals surface area contributed by atoms with Gasteiger partial charge in [0.15, 0.2) is 0 Å². The Labute approximate surface area is 129 Å². The van der Waals surface area contributed by atoms with Crippen molar-refractivity contribution in [3.63, 3.8) is 0 Å². The summed E-state index contributed by atoms with van der Waals surface area (Å²) in [5, 5.41) is 3.72. The molecule has 3 atom stereocenters. The van der Waals surface area contributed by atoms with Gasteiger partial charge in [-0.1, -0.05) is 29.8 Å². The van der Waals surface area contributed by atoms with Crippen molar-refractivity contribution in [3.05, 3.63) is 35.4 Å². The van der Waals surface area contributed by atoms with Gasteiger partial charge in [-0.2, -0.15) is 0 Å². The second-order valence-corrected chi connectivity index (χ2v) is 7.12. The Morgan fingerprint density at radius 2 is 2.10 bits per heavy atom. The van der Waals surface area contributed by atoms with Crippen LogP contribution in [0.1, 0.15) is 50.2 Å². The lowest BCUT2D eigenvalue weighted by atomic mass is 9.92. The molecule has 116 valence electrons. The molecular formula is C19H29NO. The molecule has 21 heavy (non-hydrogen) atoms. The SMILES string of the molecule is Cc1cccc(CC(CNC2CC2)CC2CCC(C)O2)c1. The van der Waals surface area contributed by atoms with E-state index in [1.165, 1.54) is 49.7 Å². The topological polar surface area (TPSA) is 21.3 Å². The average Bonchev–Trinajstić information content (AvgIpc) is 3.19. The first-order chi connectivity index (χ1) is 10.2. The minimum atomic E-state index is 0.464. The molecule has 0 aromatic heterocycles. The van der Waals surface area contributed by atoms with Crippen molar-refractivity contribution in [2.24, 2.45) is 5.92 Å². The van der Waals surface area contributed by atoms with E-state index in [4.69, 9.17) is 4.74 Å². The van der Waals surface area contributed by atoms with E-state index in [-0.39, 0.29) is 0 Å². The zero-order valence-corrected chi connectivity index (χ0v) is 13.5. The minimum absolute atomic E-state index is 0.464. The Hall–Kier alpha value is -0.860. The first-order valence-corrected chi connectivity index (χ1v) is 8.63. The monoisotopic (exact) mass is 287 g/mol. The van der Waals surface area contributed by atoms with Crippen molar-refractivity contribution in [1.29, 1.82) is 0 Å². The highest BCUT2D eigenvalue weighted by Crippen LogP contribution is 2.27. The molecule has 2 aliphatic rings. The zero-order chi connectivity index (χ0) is 14.7. The zero-order valence-electron chi connectivity index (χ0n) is 13.5. The van der Waals surface area contributed by atoms with Crippen molar-refractivity contribution in [3.8, 4) is 0 Å². The highest BCUT2D eigenvalue weighted by molar-refractivity contribution is 5.22. The summed E-state index contributed by atoms with van der Waals surface area (Å²) in [6.45, 7) is 5.54. The van der Waals surface area contributed by atoms with Gasteiger partial charge in [0.25, 0.3) is 0 Å². The standard InChI is InChI=1S/C19H29NO/c1-14-4-3-5-16(10-14)11-17(13-20-18-7-8-18)12-19-9-6-15(2)21-19/h3-5,10,15,17-20H,6-9,11-13H2,1-2H3. The normalized spacial score (nSPS) is 27.0. The van der Waals surface area contributed by atoms with Crippen LogP contribution in [-0.4, -0.2) is 24.8 Å². The fourth-order valence-electron chi connectivity index (χ4n) is 3.46. The van der Waals surface area contributed by atoms with Gasteiger partial charge in [0.2, 0.25) is 0 Å². The van der Waals surface area contributed by atoms with Gasteiger partial charge < -0.3 is 10.1 Å². The third-order valence-electron chi connectivity index (χ3n) is 4.80. The van der Waals surface area contributed by atoms with Crippen LogP contribution in [0.2, 0.25) is 0 Å². The molecule has 1 heterocycles. The predicted octanol–water partition coefficient (Wildman–Crippen LogP) is 3.86. The lowest BCUT2D eigenvalue weighted by Gasteiger charge is -2.22. The molecule has 0 amide bonds. The van der Waals surface area contributed by atoms with Gasteiger partial charge in [-0.25, -0.2) is 0 Å². The number of hydrogen-bond acceptors (Lipinski definition) is 2. The number of ether oxygens (including phenoxy) is 1. The van der Waals surface area contributed by atoms with E-state index < -0.39 is 0 Å². The van der Waals surface area contributed by atoms with Gasteiger partial charge in [0.05, 0.1) is 12.2 Å². The third-order valence-corrected chi connectivity index (χ3v) is 4.80. The van der Waals surface area contributed by atoms with Crippen LogP contribution in [0, 0.1) is 12.8 Å². The van der Waals surface area contributed by atoms with E-state index >= 15 is 0 Å². The van der Waals surface area contributed by atoms with Crippen LogP contribution >= 0.6 is 0 Å². The van der Waals surface area contributed by atoms with Crippen molar-refractivity contribution < 1.29 is 4.74 Å². The predicted molar refractivity (Wildman–Crippen MR) is 87.6 cm³/mol. The second-order valence-electron chi connectivity index (χ2n) is 7.12. The summed E-state index contributed by atoms with van der Waals surface area (Å²) in [4.78, 5) is 0. The fourth-order valence-corrected chi connectivity index (χ4v) is 3.46. The molecule has 1 aliphatic carbocycles. The maximum absolute atomic E-state index is 6.05. The molecule has 0 radical (unpaired) electrons. The Kier molecular flexibility index (Phi) is 4.97. The average molecular weight is 287 g/mol. The Balaban J connectivity index is 1.57. The summed E-state index contributed by atoms with van der Waals surface area (Å²) < 4.78 is 6.05. The highest BCUT2D eigenvalue weighted by atomic mass is 16.5. The van der Waals surface area contributed by atoms with Crippen LogP contribution in [-0.2, 0) is 11.2 Å². The molecule has 2 nitrogen and oxygen atoms in total. The smallest absolute Gasteiger partial charge is 0.0583 e. The third kappa shape index (κ3) is 4.82. The van der Waals surface area contributed by atoms with Gasteiger partial charge in [0.1, 0.15) is 0 Å². The van der Waals surface area contributed by atoms with Crippen molar-refractivity contribution in [1.82, 2.24) is 5.32 Å². The van der Waals surface area contributed by atoms with Gasteiger partial charge in [0, 0.05) is 6.04 Å². The molecule has 0 bridgehead atoms. The van der Waals surface area contributed by atoms with Crippen LogP contribution in [0.3, 0.4) is 0 Å². The van der Waals surface area contributed by atoms with Crippen LogP contribution in [0.4, 0.5) is 0 Å². The number of hydrogen-bond donors (Lipinski definition) is 1. The molecule has 2 fully saturated rings. The molecule has 3 rings (SSSR count). The van der Waals surface area contributed by atoms with Crippen molar-refractivity contribution >= 4 is 0 Å².